The van der Waals surface area contributed by atoms with Crippen LogP contribution in [0.25, 0.3) is 0 Å². The lowest BCUT2D eigenvalue weighted by Crippen LogP contribution is -2.53. The Labute approximate surface area is 124 Å². The van der Waals surface area contributed by atoms with Gasteiger partial charge in [0, 0.05) is 12.5 Å². The van der Waals surface area contributed by atoms with Crippen molar-refractivity contribution in [3.63, 3.8) is 0 Å². The van der Waals surface area contributed by atoms with Crippen molar-refractivity contribution in [1.82, 2.24) is 5.32 Å². The average molecular weight is 271 g/mol. The van der Waals surface area contributed by atoms with E-state index >= 15 is 0 Å². The zero-order chi connectivity index (χ0) is 14.2. The van der Waals surface area contributed by atoms with Crippen LogP contribution in [-0.2, 0) is 0 Å². The molecule has 1 heterocycles. The van der Waals surface area contributed by atoms with Crippen LogP contribution < -0.4 is 5.32 Å². The van der Waals surface area contributed by atoms with E-state index in [2.05, 4.69) is 50.4 Å². The molecule has 1 nitrogen and oxygen atoms in total. The van der Waals surface area contributed by atoms with Gasteiger partial charge in [-0.05, 0) is 49.1 Å². The zero-order valence-electron chi connectivity index (χ0n) is 13.3. The molecule has 2 aliphatic rings. The minimum Gasteiger partial charge on any atom is -0.316 e. The van der Waals surface area contributed by atoms with E-state index in [4.69, 9.17) is 0 Å². The molecule has 1 aromatic rings. The number of nitrogens with one attached hydrogen (secondary N) is 1. The Bertz CT molecular complexity index is 470. The maximum Gasteiger partial charge on any atom is 0.00257 e. The minimum absolute atomic E-state index is 0.474. The number of hydrogen-bond acceptors (Lipinski definition) is 1. The number of piperidine rings is 1. The van der Waals surface area contributed by atoms with Crippen LogP contribution in [0.2, 0.25) is 0 Å². The Morgan fingerprint density at radius 1 is 1.10 bits per heavy atom. The molecule has 0 aromatic heterocycles. The molecule has 1 aliphatic carbocycles. The summed E-state index contributed by atoms with van der Waals surface area (Å²) in [5, 5.41) is 3.66. The Morgan fingerprint density at radius 3 is 2.65 bits per heavy atom. The molecule has 1 saturated heterocycles. The third-order valence-electron chi connectivity index (χ3n) is 6.23. The fourth-order valence-electron chi connectivity index (χ4n) is 4.96. The van der Waals surface area contributed by atoms with E-state index in [1.54, 1.807) is 5.56 Å². The molecule has 2 fully saturated rings. The molecule has 0 radical (unpaired) electrons. The molecule has 0 bridgehead atoms. The van der Waals surface area contributed by atoms with Crippen molar-refractivity contribution < 1.29 is 0 Å². The smallest absolute Gasteiger partial charge is 0.00257 e. The highest BCUT2D eigenvalue weighted by Gasteiger charge is 2.52. The molecule has 2 unspecified atom stereocenters. The van der Waals surface area contributed by atoms with Gasteiger partial charge >= 0.3 is 0 Å². The lowest BCUT2D eigenvalue weighted by atomic mass is 9.49. The van der Waals surface area contributed by atoms with E-state index in [1.807, 2.05) is 0 Å². The second-order valence-corrected chi connectivity index (χ2v) is 7.67. The monoisotopic (exact) mass is 271 g/mol. The molecule has 1 spiro atoms. The van der Waals surface area contributed by atoms with Crippen LogP contribution in [-0.4, -0.2) is 13.1 Å². The summed E-state index contributed by atoms with van der Waals surface area (Å²) in [5.74, 6) is 0.687. The Kier molecular flexibility index (Phi) is 3.66. The fourth-order valence-corrected chi connectivity index (χ4v) is 4.96. The molecule has 1 heteroatoms. The average Bonchev–Trinajstić information content (AvgIpc) is 2.43. The summed E-state index contributed by atoms with van der Waals surface area (Å²) >= 11 is 0. The largest absolute Gasteiger partial charge is 0.316 e. The van der Waals surface area contributed by atoms with Crippen molar-refractivity contribution in [3.05, 3.63) is 35.4 Å². The molecule has 1 N–H and O–H groups in total. The molecule has 3 rings (SSSR count). The number of aryl methyl sites for hydroxylation is 1. The van der Waals surface area contributed by atoms with Crippen LogP contribution in [0.5, 0.6) is 0 Å². The van der Waals surface area contributed by atoms with Gasteiger partial charge in [-0.1, -0.05) is 56.5 Å². The van der Waals surface area contributed by atoms with Crippen molar-refractivity contribution >= 4 is 0 Å². The van der Waals surface area contributed by atoms with Gasteiger partial charge in [-0.15, -0.1) is 0 Å². The number of benzene rings is 1. The second kappa shape index (κ2) is 5.18. The molecule has 1 aromatic carbocycles. The van der Waals surface area contributed by atoms with Gasteiger partial charge in [-0.25, -0.2) is 0 Å². The summed E-state index contributed by atoms with van der Waals surface area (Å²) in [5.41, 5.74) is 3.94. The lowest BCUT2D eigenvalue weighted by molar-refractivity contribution is -0.0320. The molecular formula is C19H29N. The first-order valence-electron chi connectivity index (χ1n) is 8.32. The highest BCUT2D eigenvalue weighted by Crippen LogP contribution is 2.60. The molecule has 110 valence electrons. The van der Waals surface area contributed by atoms with Crippen LogP contribution in [0.1, 0.15) is 63.0 Å². The maximum atomic E-state index is 3.66. The first-order chi connectivity index (χ1) is 9.55. The quantitative estimate of drug-likeness (QED) is 0.783. The van der Waals surface area contributed by atoms with Crippen LogP contribution >= 0.6 is 0 Å². The summed E-state index contributed by atoms with van der Waals surface area (Å²) in [7, 11) is 0. The minimum atomic E-state index is 0.474. The Hall–Kier alpha value is -0.820. The van der Waals surface area contributed by atoms with Crippen molar-refractivity contribution in [2.75, 3.05) is 13.1 Å². The normalized spacial score (nSPS) is 33.2. The Morgan fingerprint density at radius 2 is 1.90 bits per heavy atom. The highest BCUT2D eigenvalue weighted by molar-refractivity contribution is 5.29. The van der Waals surface area contributed by atoms with Gasteiger partial charge in [0.05, 0.1) is 0 Å². The van der Waals surface area contributed by atoms with Crippen molar-refractivity contribution in [2.45, 2.75) is 58.8 Å². The maximum absolute atomic E-state index is 3.66. The first kappa shape index (κ1) is 14.1. The summed E-state index contributed by atoms with van der Waals surface area (Å²) in [6.45, 7) is 9.64. The molecule has 20 heavy (non-hydrogen) atoms. The van der Waals surface area contributed by atoms with E-state index in [9.17, 15) is 0 Å². The van der Waals surface area contributed by atoms with Crippen molar-refractivity contribution in [2.24, 2.45) is 10.8 Å². The molecule has 1 saturated carbocycles. The highest BCUT2D eigenvalue weighted by atomic mass is 14.9. The van der Waals surface area contributed by atoms with Gasteiger partial charge in [-0.3, -0.25) is 0 Å². The summed E-state index contributed by atoms with van der Waals surface area (Å²) in [4.78, 5) is 0. The fraction of sp³-hybridized carbons (Fsp3) is 0.684. The predicted octanol–water partition coefficient (Wildman–Crippen LogP) is 4.66. The summed E-state index contributed by atoms with van der Waals surface area (Å²) in [6.07, 6.45) is 7.00. The SMILES string of the molecule is Cc1cccc(C2CNCCC23CCCCC3(C)C)c1. The van der Waals surface area contributed by atoms with E-state index in [1.165, 1.54) is 44.2 Å². The standard InChI is InChI=1S/C19H29N/c1-15-7-6-8-16(13-15)17-14-20-12-11-19(17)10-5-4-9-18(19,2)3/h6-8,13,17,20H,4-5,9-12,14H2,1-3H3. The van der Waals surface area contributed by atoms with Gasteiger partial charge in [0.15, 0.2) is 0 Å². The lowest BCUT2D eigenvalue weighted by Gasteiger charge is -2.57. The second-order valence-electron chi connectivity index (χ2n) is 7.67. The summed E-state index contributed by atoms with van der Waals surface area (Å²) in [6, 6.07) is 9.24. The van der Waals surface area contributed by atoms with Gasteiger partial charge in [-0.2, -0.15) is 0 Å². The predicted molar refractivity (Wildman–Crippen MR) is 86.1 cm³/mol. The number of hydrogen-bond donors (Lipinski definition) is 1. The van der Waals surface area contributed by atoms with Crippen LogP contribution in [0, 0.1) is 17.8 Å². The van der Waals surface area contributed by atoms with E-state index in [0.717, 1.165) is 6.54 Å². The van der Waals surface area contributed by atoms with Gasteiger partial charge < -0.3 is 5.32 Å². The molecular weight excluding hydrogens is 242 g/mol. The van der Waals surface area contributed by atoms with Gasteiger partial charge in [0.25, 0.3) is 0 Å². The van der Waals surface area contributed by atoms with E-state index in [-0.39, 0.29) is 0 Å². The van der Waals surface area contributed by atoms with Crippen molar-refractivity contribution in [3.8, 4) is 0 Å². The third kappa shape index (κ3) is 2.20. The molecule has 0 amide bonds. The zero-order valence-corrected chi connectivity index (χ0v) is 13.3. The van der Waals surface area contributed by atoms with Crippen LogP contribution in [0.3, 0.4) is 0 Å². The van der Waals surface area contributed by atoms with Crippen LogP contribution in [0.15, 0.2) is 24.3 Å². The first-order valence-corrected chi connectivity index (χ1v) is 8.32. The van der Waals surface area contributed by atoms with E-state index in [0.29, 0.717) is 16.7 Å². The number of rotatable bonds is 1. The van der Waals surface area contributed by atoms with Crippen molar-refractivity contribution in [1.29, 1.82) is 0 Å². The topological polar surface area (TPSA) is 12.0 Å². The summed E-state index contributed by atoms with van der Waals surface area (Å²) < 4.78 is 0. The van der Waals surface area contributed by atoms with Gasteiger partial charge in [0.2, 0.25) is 0 Å². The molecule has 1 aliphatic heterocycles. The molecule has 2 atom stereocenters. The van der Waals surface area contributed by atoms with E-state index < -0.39 is 0 Å². The van der Waals surface area contributed by atoms with Gasteiger partial charge in [0.1, 0.15) is 0 Å². The van der Waals surface area contributed by atoms with Crippen LogP contribution in [0.4, 0.5) is 0 Å². The third-order valence-corrected chi connectivity index (χ3v) is 6.23. The Balaban J connectivity index is 2.02.